The number of carbonyl (C=O) groups excluding carboxylic acids is 1. The normalized spacial score (nSPS) is 18.2. The van der Waals surface area contributed by atoms with Gasteiger partial charge in [0, 0.05) is 40.6 Å². The smallest absolute Gasteiger partial charge is 0.254 e. The number of phenolic OH excluding ortho intramolecular Hbond substituents is 1. The molecule has 0 fully saturated rings. The van der Waals surface area contributed by atoms with Crippen LogP contribution in [0.1, 0.15) is 75.3 Å². The second kappa shape index (κ2) is 6.76. The van der Waals surface area contributed by atoms with Crippen molar-refractivity contribution in [1.29, 1.82) is 0 Å². The summed E-state index contributed by atoms with van der Waals surface area (Å²) in [6, 6.07) is 9.52. The van der Waals surface area contributed by atoms with Crippen LogP contribution in [-0.2, 0) is 10.8 Å². The molecule has 5 heteroatoms. The molecule has 0 aliphatic carbocycles. The van der Waals surface area contributed by atoms with Crippen molar-refractivity contribution in [2.45, 2.75) is 52.2 Å². The van der Waals surface area contributed by atoms with Gasteiger partial charge in [-0.2, -0.15) is 0 Å². The lowest BCUT2D eigenvalue weighted by atomic mass is 9.85. The number of benzene rings is 2. The van der Waals surface area contributed by atoms with Crippen LogP contribution in [0.5, 0.6) is 5.75 Å². The van der Waals surface area contributed by atoms with E-state index in [1.165, 1.54) is 16.7 Å². The van der Waals surface area contributed by atoms with Crippen LogP contribution in [0.2, 0.25) is 0 Å². The van der Waals surface area contributed by atoms with Crippen LogP contribution >= 0.6 is 0 Å². The lowest BCUT2D eigenvalue weighted by molar-refractivity contribution is 0.0996. The van der Waals surface area contributed by atoms with Crippen LogP contribution in [0.15, 0.2) is 47.3 Å². The summed E-state index contributed by atoms with van der Waals surface area (Å²) in [6.07, 6.45) is 0. The number of aromatic nitrogens is 1. The SMILES string of the molecule is [2H]C([2H])([2H])C(c1ccc(-n2c(C(C)(C)C)c(C(N)=O)c(=O)c3ccccc32)cc1O)(C([2H])([2H])[2H])C([2H])([2H])[2H]. The fourth-order valence-corrected chi connectivity index (χ4v) is 3.52. The highest BCUT2D eigenvalue weighted by molar-refractivity contribution is 5.98. The zero-order chi connectivity index (χ0) is 29.2. The molecule has 1 heterocycles. The molecule has 0 bridgehead atoms. The molecule has 0 radical (unpaired) electrons. The molecule has 2 aromatic carbocycles. The first kappa shape index (κ1) is 11.8. The largest absolute Gasteiger partial charge is 0.508 e. The van der Waals surface area contributed by atoms with Gasteiger partial charge in [0.1, 0.15) is 11.3 Å². The van der Waals surface area contributed by atoms with Crippen molar-refractivity contribution in [2.24, 2.45) is 5.73 Å². The van der Waals surface area contributed by atoms with E-state index in [0.29, 0.717) is 5.52 Å². The van der Waals surface area contributed by atoms with Crippen LogP contribution < -0.4 is 11.2 Å². The Bertz CT molecular complexity index is 1440. The van der Waals surface area contributed by atoms with E-state index < -0.39 is 54.0 Å². The predicted octanol–water partition coefficient (Wildman–Crippen LogP) is 4.39. The third-order valence-electron chi connectivity index (χ3n) is 4.68. The van der Waals surface area contributed by atoms with E-state index in [0.717, 1.165) is 12.1 Å². The summed E-state index contributed by atoms with van der Waals surface area (Å²) in [5.41, 5.74) is 0.286. The monoisotopic (exact) mass is 401 g/mol. The maximum absolute atomic E-state index is 13.3. The van der Waals surface area contributed by atoms with E-state index in [2.05, 4.69) is 0 Å². The van der Waals surface area contributed by atoms with Crippen LogP contribution in [0.25, 0.3) is 16.6 Å². The molecule has 5 nitrogen and oxygen atoms in total. The van der Waals surface area contributed by atoms with E-state index in [9.17, 15) is 14.7 Å². The molecule has 0 spiro atoms. The number of fused-ring (bicyclic) bond motifs is 1. The van der Waals surface area contributed by atoms with E-state index in [-0.39, 0.29) is 22.3 Å². The van der Waals surface area contributed by atoms with Gasteiger partial charge < -0.3 is 15.4 Å². The number of hydrogen-bond acceptors (Lipinski definition) is 3. The molecule has 29 heavy (non-hydrogen) atoms. The fourth-order valence-electron chi connectivity index (χ4n) is 3.52. The molecule has 1 amide bonds. The number of amides is 1. The van der Waals surface area contributed by atoms with Gasteiger partial charge in [0.15, 0.2) is 0 Å². The number of nitrogens with zero attached hydrogens (tertiary/aromatic N) is 1. The second-order valence-corrected chi connectivity index (χ2v) is 7.97. The van der Waals surface area contributed by atoms with E-state index >= 15 is 0 Å². The second-order valence-electron chi connectivity index (χ2n) is 7.97. The van der Waals surface area contributed by atoms with Crippen molar-refractivity contribution in [2.75, 3.05) is 0 Å². The minimum absolute atomic E-state index is 0.116. The summed E-state index contributed by atoms with van der Waals surface area (Å²) >= 11 is 0. The Labute approximate surface area is 183 Å². The van der Waals surface area contributed by atoms with Crippen LogP contribution in [-0.4, -0.2) is 15.6 Å². The van der Waals surface area contributed by atoms with Gasteiger partial charge in [-0.05, 0) is 29.2 Å². The minimum atomic E-state index is -3.57. The zero-order valence-corrected chi connectivity index (χ0v) is 16.3. The molecule has 1 aromatic heterocycles. The van der Waals surface area contributed by atoms with Crippen molar-refractivity contribution in [3.63, 3.8) is 0 Å². The first-order valence-corrected chi connectivity index (χ1v) is 8.91. The van der Waals surface area contributed by atoms with Crippen molar-refractivity contribution >= 4 is 16.8 Å². The van der Waals surface area contributed by atoms with Crippen LogP contribution in [0.4, 0.5) is 0 Å². The topological polar surface area (TPSA) is 85.3 Å². The Kier molecular flexibility index (Phi) is 2.75. The number of pyridine rings is 1. The third-order valence-corrected chi connectivity index (χ3v) is 4.68. The standard InChI is InChI=1S/C24H28N2O3/c1-23(2,3)16-12-11-14(13-18(16)27)26-17-10-8-7-9-15(17)20(28)19(22(25)29)21(26)24(4,5)6/h7-13,27H,1-6H3,(H2,25,29)/i1D3,2D3,3D3. The van der Waals surface area contributed by atoms with Gasteiger partial charge in [-0.15, -0.1) is 0 Å². The number of rotatable bonds is 2. The van der Waals surface area contributed by atoms with Gasteiger partial charge in [-0.1, -0.05) is 59.5 Å². The van der Waals surface area contributed by atoms with Gasteiger partial charge in [0.2, 0.25) is 5.43 Å². The minimum Gasteiger partial charge on any atom is -0.508 e. The highest BCUT2D eigenvalue weighted by Gasteiger charge is 2.30. The molecule has 3 aromatic rings. The Morgan fingerprint density at radius 1 is 1.07 bits per heavy atom. The van der Waals surface area contributed by atoms with E-state index in [1.807, 2.05) is 0 Å². The summed E-state index contributed by atoms with van der Waals surface area (Å²) in [7, 11) is 0. The van der Waals surface area contributed by atoms with Crippen LogP contribution in [0.3, 0.4) is 0 Å². The number of carbonyl (C=O) groups is 1. The molecule has 152 valence electrons. The summed E-state index contributed by atoms with van der Waals surface area (Å²) in [4.78, 5) is 25.7. The first-order valence-electron chi connectivity index (χ1n) is 13.4. The Morgan fingerprint density at radius 2 is 1.72 bits per heavy atom. The van der Waals surface area contributed by atoms with Gasteiger partial charge in [0.25, 0.3) is 5.91 Å². The van der Waals surface area contributed by atoms with Gasteiger partial charge in [0.05, 0.1) is 5.52 Å². The summed E-state index contributed by atoms with van der Waals surface area (Å²) < 4.78 is 72.9. The third kappa shape index (κ3) is 3.53. The molecule has 3 N–H and O–H groups in total. The molecule has 0 aliphatic rings. The number of phenols is 1. The summed E-state index contributed by atoms with van der Waals surface area (Å²) in [5.74, 6) is -1.87. The first-order chi connectivity index (χ1) is 17.1. The zero-order valence-electron chi connectivity index (χ0n) is 25.3. The molecular formula is C24H28N2O3. The molecule has 0 saturated carbocycles. The Hall–Kier alpha value is -3.08. The molecule has 0 saturated heterocycles. The summed E-state index contributed by atoms with van der Waals surface area (Å²) in [6.45, 7) is -5.50. The van der Waals surface area contributed by atoms with E-state index in [1.54, 1.807) is 39.0 Å². The molecule has 0 unspecified atom stereocenters. The average Bonchev–Trinajstić information content (AvgIpc) is 2.71. The van der Waals surface area contributed by atoms with Crippen LogP contribution in [0, 0.1) is 0 Å². The molecule has 3 rings (SSSR count). The fraction of sp³-hybridized carbons (Fsp3) is 0.333. The lowest BCUT2D eigenvalue weighted by Gasteiger charge is -2.29. The van der Waals surface area contributed by atoms with Crippen molar-refractivity contribution in [3.8, 4) is 11.4 Å². The summed E-state index contributed by atoms with van der Waals surface area (Å²) in [5, 5.41) is 11.2. The highest BCUT2D eigenvalue weighted by atomic mass is 16.3. The van der Waals surface area contributed by atoms with Gasteiger partial charge in [-0.3, -0.25) is 9.59 Å². The highest BCUT2D eigenvalue weighted by Crippen LogP contribution is 2.35. The van der Waals surface area contributed by atoms with Gasteiger partial charge in [-0.25, -0.2) is 0 Å². The molecular weight excluding hydrogens is 364 g/mol. The Morgan fingerprint density at radius 3 is 2.28 bits per heavy atom. The van der Waals surface area contributed by atoms with Crippen molar-refractivity contribution < 1.29 is 22.2 Å². The number of hydrogen-bond donors (Lipinski definition) is 2. The number of para-hydroxylation sites is 1. The van der Waals surface area contributed by atoms with Crippen molar-refractivity contribution in [3.05, 3.63) is 69.5 Å². The Balaban J connectivity index is 2.55. The average molecular weight is 402 g/mol. The van der Waals surface area contributed by atoms with E-state index in [4.69, 9.17) is 18.1 Å². The molecule has 0 atom stereocenters. The quantitative estimate of drug-likeness (QED) is 0.668. The maximum atomic E-state index is 13.3. The number of aromatic hydroxyl groups is 1. The maximum Gasteiger partial charge on any atom is 0.254 e. The number of nitrogens with two attached hydrogens (primary N) is 1. The number of primary amides is 1. The van der Waals surface area contributed by atoms with Crippen molar-refractivity contribution in [1.82, 2.24) is 4.57 Å². The lowest BCUT2D eigenvalue weighted by Crippen LogP contribution is -2.33. The van der Waals surface area contributed by atoms with Gasteiger partial charge >= 0.3 is 0 Å². The predicted molar refractivity (Wildman–Crippen MR) is 117 cm³/mol. The molecule has 0 aliphatic heterocycles.